The Labute approximate surface area is 202 Å². The summed E-state index contributed by atoms with van der Waals surface area (Å²) in [5.74, 6) is -2.01. The van der Waals surface area contributed by atoms with E-state index in [2.05, 4.69) is 4.74 Å². The lowest BCUT2D eigenvalue weighted by atomic mass is 9.85. The van der Waals surface area contributed by atoms with Gasteiger partial charge in [-0.2, -0.15) is 8.78 Å². The molecular formula is C23H26F3NO6S2. The molecular weight excluding hydrogens is 507 g/mol. The van der Waals surface area contributed by atoms with Crippen LogP contribution in [-0.4, -0.2) is 58.3 Å². The van der Waals surface area contributed by atoms with E-state index in [1.807, 2.05) is 0 Å². The van der Waals surface area contributed by atoms with Gasteiger partial charge in [-0.15, -0.1) is 0 Å². The highest BCUT2D eigenvalue weighted by Gasteiger charge is 2.44. The van der Waals surface area contributed by atoms with Crippen molar-refractivity contribution in [3.63, 3.8) is 0 Å². The molecule has 1 aliphatic rings. The van der Waals surface area contributed by atoms with Crippen LogP contribution in [0.1, 0.15) is 37.0 Å². The van der Waals surface area contributed by atoms with Gasteiger partial charge in [-0.05, 0) is 69.0 Å². The maximum atomic E-state index is 13.6. The van der Waals surface area contributed by atoms with Crippen molar-refractivity contribution in [1.82, 2.24) is 4.90 Å². The lowest BCUT2D eigenvalue weighted by Gasteiger charge is -2.40. The predicted octanol–water partition coefficient (Wildman–Crippen LogP) is 3.94. The van der Waals surface area contributed by atoms with Gasteiger partial charge in [0.15, 0.2) is 19.7 Å². The van der Waals surface area contributed by atoms with Gasteiger partial charge in [0.25, 0.3) is 5.91 Å². The van der Waals surface area contributed by atoms with Gasteiger partial charge < -0.3 is 9.64 Å². The summed E-state index contributed by atoms with van der Waals surface area (Å²) in [6, 6.07) is 7.91. The summed E-state index contributed by atoms with van der Waals surface area (Å²) < 4.78 is 92.6. The van der Waals surface area contributed by atoms with E-state index in [0.29, 0.717) is 12.8 Å². The third-order valence-corrected chi connectivity index (χ3v) is 10.1. The summed E-state index contributed by atoms with van der Waals surface area (Å²) in [4.78, 5) is 14.0. The largest absolute Gasteiger partial charge is 0.435 e. The zero-order chi connectivity index (χ0) is 26.2. The van der Waals surface area contributed by atoms with Crippen molar-refractivity contribution in [2.45, 2.75) is 47.8 Å². The molecule has 0 saturated carbocycles. The minimum Gasteiger partial charge on any atom is -0.435 e. The van der Waals surface area contributed by atoms with Crippen molar-refractivity contribution in [2.75, 3.05) is 19.3 Å². The maximum absolute atomic E-state index is 13.6. The van der Waals surface area contributed by atoms with E-state index in [0.717, 1.165) is 36.6 Å². The van der Waals surface area contributed by atoms with E-state index in [1.165, 1.54) is 17.0 Å². The van der Waals surface area contributed by atoms with Crippen LogP contribution >= 0.6 is 0 Å². The standard InChI is InChI=1S/C23H26F3NO6S2/c1-23(2,35(31,32)18-6-4-5-16(24)13-18)15-9-11-27(12-10-15)21(28)19-8-7-17(33-22(25)26)14-20(19)34(3,29)30/h4-8,13-15,22H,9-12H2,1-3H3. The highest BCUT2D eigenvalue weighted by atomic mass is 32.2. The third-order valence-electron chi connectivity index (χ3n) is 6.37. The minimum atomic E-state index is -3.95. The molecule has 12 heteroatoms. The zero-order valence-corrected chi connectivity index (χ0v) is 21.0. The van der Waals surface area contributed by atoms with Crippen molar-refractivity contribution in [1.29, 1.82) is 0 Å². The number of benzene rings is 2. The summed E-state index contributed by atoms with van der Waals surface area (Å²) in [5.41, 5.74) is -0.181. The molecule has 1 aliphatic heterocycles. The van der Waals surface area contributed by atoms with Gasteiger partial charge in [-0.25, -0.2) is 21.2 Å². The average molecular weight is 534 g/mol. The Morgan fingerprint density at radius 1 is 1.06 bits per heavy atom. The second kappa shape index (κ2) is 9.81. The normalized spacial score (nSPS) is 15.9. The van der Waals surface area contributed by atoms with Crippen molar-refractivity contribution in [3.05, 3.63) is 53.8 Å². The van der Waals surface area contributed by atoms with Crippen molar-refractivity contribution in [2.24, 2.45) is 5.92 Å². The molecule has 35 heavy (non-hydrogen) atoms. The molecule has 0 radical (unpaired) electrons. The van der Waals surface area contributed by atoms with Gasteiger partial charge in [0.2, 0.25) is 0 Å². The summed E-state index contributed by atoms with van der Waals surface area (Å²) >= 11 is 0. The fourth-order valence-electron chi connectivity index (χ4n) is 4.27. The highest BCUT2D eigenvalue weighted by molar-refractivity contribution is 7.92. The smallest absolute Gasteiger partial charge is 0.387 e. The molecule has 0 aromatic heterocycles. The molecule has 2 aromatic carbocycles. The Morgan fingerprint density at radius 3 is 2.23 bits per heavy atom. The monoisotopic (exact) mass is 533 g/mol. The van der Waals surface area contributed by atoms with Crippen LogP contribution in [0.5, 0.6) is 5.75 Å². The molecule has 0 spiro atoms. The van der Waals surface area contributed by atoms with Gasteiger partial charge in [0, 0.05) is 19.3 Å². The van der Waals surface area contributed by atoms with E-state index in [1.54, 1.807) is 13.8 Å². The molecule has 0 aliphatic carbocycles. The first-order chi connectivity index (χ1) is 16.1. The summed E-state index contributed by atoms with van der Waals surface area (Å²) in [7, 11) is -7.83. The summed E-state index contributed by atoms with van der Waals surface area (Å²) in [6.07, 6.45) is 1.49. The summed E-state index contributed by atoms with van der Waals surface area (Å²) in [5, 5.41) is 0. The average Bonchev–Trinajstić information content (AvgIpc) is 2.77. The topological polar surface area (TPSA) is 97.8 Å². The van der Waals surface area contributed by atoms with Crippen LogP contribution in [0.2, 0.25) is 0 Å². The molecule has 0 unspecified atom stereocenters. The number of hydrogen-bond acceptors (Lipinski definition) is 6. The molecule has 2 aromatic rings. The molecule has 0 atom stereocenters. The number of halogens is 3. The highest BCUT2D eigenvalue weighted by Crippen LogP contribution is 2.38. The first-order valence-electron chi connectivity index (χ1n) is 10.7. The number of likely N-dealkylation sites (tertiary alicyclic amines) is 1. The number of amides is 1. The number of sulfone groups is 2. The molecule has 1 heterocycles. The molecule has 7 nitrogen and oxygen atoms in total. The molecule has 3 rings (SSSR count). The molecule has 1 fully saturated rings. The van der Waals surface area contributed by atoms with Crippen molar-refractivity contribution < 1.29 is 39.5 Å². The van der Waals surface area contributed by atoms with Crippen LogP contribution < -0.4 is 4.74 Å². The lowest BCUT2D eigenvalue weighted by molar-refractivity contribution is -0.0500. The fraction of sp³-hybridized carbons (Fsp3) is 0.435. The number of rotatable bonds is 7. The van der Waals surface area contributed by atoms with E-state index >= 15 is 0 Å². The van der Waals surface area contributed by atoms with E-state index in [-0.39, 0.29) is 35.2 Å². The van der Waals surface area contributed by atoms with Crippen molar-refractivity contribution in [3.8, 4) is 5.75 Å². The van der Waals surface area contributed by atoms with Crippen LogP contribution in [0, 0.1) is 11.7 Å². The molecule has 0 N–H and O–H groups in total. The second-order valence-electron chi connectivity index (χ2n) is 8.94. The van der Waals surface area contributed by atoms with Gasteiger partial charge in [-0.1, -0.05) is 6.07 Å². The van der Waals surface area contributed by atoms with Crippen LogP contribution in [0.15, 0.2) is 52.3 Å². The molecule has 0 bridgehead atoms. The number of carbonyl (C=O) groups excluding carboxylic acids is 1. The van der Waals surface area contributed by atoms with Crippen molar-refractivity contribution >= 4 is 25.6 Å². The Kier molecular flexibility index (Phi) is 7.56. The molecule has 192 valence electrons. The fourth-order valence-corrected chi connectivity index (χ4v) is 6.96. The van der Waals surface area contributed by atoms with Crippen LogP contribution in [0.25, 0.3) is 0 Å². The SMILES string of the molecule is CC(C)(C1CCN(C(=O)c2ccc(OC(F)F)cc2S(C)(=O)=O)CC1)S(=O)(=O)c1cccc(F)c1. The number of carbonyl (C=O) groups is 1. The predicted molar refractivity (Wildman–Crippen MR) is 122 cm³/mol. The first kappa shape index (κ1) is 27.0. The molecule has 1 amide bonds. The number of hydrogen-bond donors (Lipinski definition) is 0. The van der Waals surface area contributed by atoms with Gasteiger partial charge >= 0.3 is 6.61 Å². The number of alkyl halides is 2. The lowest BCUT2D eigenvalue weighted by Crippen LogP contribution is -2.47. The summed E-state index contributed by atoms with van der Waals surface area (Å²) in [6.45, 7) is 0.293. The van der Waals surface area contributed by atoms with Gasteiger partial charge in [0.05, 0.1) is 20.1 Å². The van der Waals surface area contributed by atoms with E-state index < -0.39 is 47.7 Å². The first-order valence-corrected chi connectivity index (χ1v) is 14.1. The van der Waals surface area contributed by atoms with Crippen LogP contribution in [0.4, 0.5) is 13.2 Å². The second-order valence-corrected chi connectivity index (χ2v) is 13.5. The molecule has 1 saturated heterocycles. The minimum absolute atomic E-state index is 0.120. The van der Waals surface area contributed by atoms with E-state index in [4.69, 9.17) is 0 Å². The van der Waals surface area contributed by atoms with Crippen LogP contribution in [-0.2, 0) is 19.7 Å². The van der Waals surface area contributed by atoms with E-state index in [9.17, 15) is 34.8 Å². The zero-order valence-electron chi connectivity index (χ0n) is 19.4. The quantitative estimate of drug-likeness (QED) is 0.535. The van der Waals surface area contributed by atoms with Gasteiger partial charge in [-0.3, -0.25) is 4.79 Å². The van der Waals surface area contributed by atoms with Crippen LogP contribution in [0.3, 0.4) is 0 Å². The third kappa shape index (κ3) is 5.64. The number of nitrogens with zero attached hydrogens (tertiary/aromatic N) is 1. The Bertz CT molecular complexity index is 1320. The maximum Gasteiger partial charge on any atom is 0.387 e. The Morgan fingerprint density at radius 2 is 1.69 bits per heavy atom. The number of ether oxygens (including phenoxy) is 1. The van der Waals surface area contributed by atoms with Gasteiger partial charge in [0.1, 0.15) is 11.6 Å². The Hall–Kier alpha value is -2.60. The number of piperidine rings is 1. The Balaban J connectivity index is 1.80.